The molecule has 1 unspecified atom stereocenters. The maximum Gasteiger partial charge on any atom is 0.0674 e. The number of aliphatic hydroxyl groups is 1. The van der Waals surface area contributed by atoms with Gasteiger partial charge < -0.3 is 20.6 Å². The van der Waals surface area contributed by atoms with Gasteiger partial charge in [0.05, 0.1) is 6.10 Å². The quantitative estimate of drug-likeness (QED) is 0.569. The van der Waals surface area contributed by atoms with Gasteiger partial charge in [-0.3, -0.25) is 0 Å². The molecule has 0 saturated heterocycles. The van der Waals surface area contributed by atoms with Crippen LogP contribution in [0.2, 0.25) is 0 Å². The van der Waals surface area contributed by atoms with Crippen LogP contribution < -0.4 is 5.73 Å². The van der Waals surface area contributed by atoms with Gasteiger partial charge in [-0.25, -0.2) is 0 Å². The summed E-state index contributed by atoms with van der Waals surface area (Å²) in [4.78, 5) is 4.57. The van der Waals surface area contributed by atoms with Gasteiger partial charge in [0, 0.05) is 26.2 Å². The molecule has 0 aromatic rings. The smallest absolute Gasteiger partial charge is 0.0674 e. The molecule has 4 heteroatoms. The molecule has 3 N–H and O–H groups in total. The van der Waals surface area contributed by atoms with Crippen molar-refractivity contribution in [1.29, 1.82) is 0 Å². The fourth-order valence-electron chi connectivity index (χ4n) is 1.44. The summed E-state index contributed by atoms with van der Waals surface area (Å²) < 4.78 is 0. The van der Waals surface area contributed by atoms with Crippen molar-refractivity contribution < 1.29 is 5.11 Å². The Labute approximate surface area is 94.0 Å². The second-order valence-electron chi connectivity index (χ2n) is 4.32. The van der Waals surface area contributed by atoms with Gasteiger partial charge in [-0.1, -0.05) is 6.92 Å². The molecule has 0 aliphatic carbocycles. The van der Waals surface area contributed by atoms with Gasteiger partial charge in [-0.2, -0.15) is 0 Å². The van der Waals surface area contributed by atoms with Crippen molar-refractivity contribution >= 4 is 0 Å². The van der Waals surface area contributed by atoms with Gasteiger partial charge in [-0.15, -0.1) is 0 Å². The van der Waals surface area contributed by atoms with Crippen molar-refractivity contribution in [1.82, 2.24) is 9.80 Å². The van der Waals surface area contributed by atoms with Crippen molar-refractivity contribution in [2.45, 2.75) is 25.9 Å². The number of nitrogens with zero attached hydrogens (tertiary/aromatic N) is 2. The standard InChI is InChI=1S/C11H27N3O/c1-4-6-14(9-8-13(2)3)7-5-11(15)10-12/h11,15H,4-10,12H2,1-3H3. The summed E-state index contributed by atoms with van der Waals surface area (Å²) in [6.45, 7) is 6.73. The Morgan fingerprint density at radius 1 is 1.13 bits per heavy atom. The maximum absolute atomic E-state index is 9.39. The molecular weight excluding hydrogens is 190 g/mol. The molecule has 0 rings (SSSR count). The lowest BCUT2D eigenvalue weighted by molar-refractivity contribution is 0.143. The third kappa shape index (κ3) is 8.81. The van der Waals surface area contributed by atoms with E-state index in [-0.39, 0.29) is 6.10 Å². The summed E-state index contributed by atoms with van der Waals surface area (Å²) in [6.07, 6.45) is 1.60. The molecule has 0 spiro atoms. The van der Waals surface area contributed by atoms with Gasteiger partial charge >= 0.3 is 0 Å². The Kier molecular flexibility index (Phi) is 9.00. The lowest BCUT2D eigenvalue weighted by Gasteiger charge is -2.24. The van der Waals surface area contributed by atoms with Crippen LogP contribution in [0.15, 0.2) is 0 Å². The van der Waals surface area contributed by atoms with Crippen molar-refractivity contribution in [2.24, 2.45) is 5.73 Å². The van der Waals surface area contributed by atoms with Gasteiger partial charge in [0.2, 0.25) is 0 Å². The van der Waals surface area contributed by atoms with E-state index < -0.39 is 0 Å². The minimum absolute atomic E-state index is 0.344. The molecule has 92 valence electrons. The minimum atomic E-state index is -0.344. The third-order valence-electron chi connectivity index (χ3n) is 2.45. The van der Waals surface area contributed by atoms with E-state index in [0.717, 1.165) is 39.0 Å². The molecule has 0 fully saturated rings. The number of hydrogen-bond acceptors (Lipinski definition) is 4. The van der Waals surface area contributed by atoms with E-state index in [4.69, 9.17) is 5.73 Å². The van der Waals surface area contributed by atoms with Crippen LogP contribution in [-0.4, -0.2) is 67.8 Å². The van der Waals surface area contributed by atoms with Crippen molar-refractivity contribution in [3.05, 3.63) is 0 Å². The highest BCUT2D eigenvalue weighted by Crippen LogP contribution is 1.97. The minimum Gasteiger partial charge on any atom is -0.392 e. The molecule has 0 aliphatic heterocycles. The first-order chi connectivity index (χ1) is 7.10. The molecule has 0 aliphatic rings. The van der Waals surface area contributed by atoms with Crippen LogP contribution in [-0.2, 0) is 0 Å². The first kappa shape index (κ1) is 14.8. The number of likely N-dealkylation sites (N-methyl/N-ethyl adjacent to an activating group) is 1. The normalized spacial score (nSPS) is 13.8. The number of rotatable bonds is 9. The molecule has 0 aromatic heterocycles. The van der Waals surface area contributed by atoms with Crippen LogP contribution in [0.5, 0.6) is 0 Å². The first-order valence-electron chi connectivity index (χ1n) is 5.85. The molecule has 15 heavy (non-hydrogen) atoms. The molecule has 4 nitrogen and oxygen atoms in total. The van der Waals surface area contributed by atoms with E-state index in [9.17, 15) is 5.11 Å². The molecule has 0 radical (unpaired) electrons. The van der Waals surface area contributed by atoms with Crippen LogP contribution in [0.1, 0.15) is 19.8 Å². The molecule has 1 atom stereocenters. The highest BCUT2D eigenvalue weighted by Gasteiger charge is 2.07. The molecule has 0 aromatic carbocycles. The lowest BCUT2D eigenvalue weighted by Crippen LogP contribution is -2.35. The number of hydrogen-bond donors (Lipinski definition) is 2. The van der Waals surface area contributed by atoms with Gasteiger partial charge in [0.25, 0.3) is 0 Å². The average Bonchev–Trinajstić information content (AvgIpc) is 2.21. The van der Waals surface area contributed by atoms with E-state index in [1.54, 1.807) is 0 Å². The fraction of sp³-hybridized carbons (Fsp3) is 1.00. The molecular formula is C11H27N3O. The van der Waals surface area contributed by atoms with Crippen LogP contribution >= 0.6 is 0 Å². The summed E-state index contributed by atoms with van der Waals surface area (Å²) in [5.74, 6) is 0. The zero-order valence-electron chi connectivity index (χ0n) is 10.4. The molecule has 0 bridgehead atoms. The predicted molar refractivity (Wildman–Crippen MR) is 65.0 cm³/mol. The summed E-state index contributed by atoms with van der Waals surface area (Å²) >= 11 is 0. The second-order valence-corrected chi connectivity index (χ2v) is 4.32. The van der Waals surface area contributed by atoms with E-state index >= 15 is 0 Å². The number of aliphatic hydroxyl groups excluding tert-OH is 1. The van der Waals surface area contributed by atoms with E-state index in [1.807, 2.05) is 0 Å². The van der Waals surface area contributed by atoms with E-state index in [0.29, 0.717) is 6.54 Å². The van der Waals surface area contributed by atoms with Crippen molar-refractivity contribution in [2.75, 3.05) is 46.8 Å². The Morgan fingerprint density at radius 2 is 1.80 bits per heavy atom. The summed E-state index contributed by atoms with van der Waals surface area (Å²) in [5, 5.41) is 9.39. The van der Waals surface area contributed by atoms with E-state index in [2.05, 4.69) is 30.8 Å². The van der Waals surface area contributed by atoms with Gasteiger partial charge in [-0.05, 0) is 33.5 Å². The lowest BCUT2D eigenvalue weighted by atomic mass is 10.2. The molecule has 0 heterocycles. The third-order valence-corrected chi connectivity index (χ3v) is 2.45. The zero-order valence-corrected chi connectivity index (χ0v) is 10.4. The highest BCUT2D eigenvalue weighted by molar-refractivity contribution is 4.63. The Bertz CT molecular complexity index is 142. The van der Waals surface area contributed by atoms with Gasteiger partial charge in [0.15, 0.2) is 0 Å². The highest BCUT2D eigenvalue weighted by atomic mass is 16.3. The second kappa shape index (κ2) is 9.09. The SMILES string of the molecule is CCCN(CCC(O)CN)CCN(C)C. The zero-order chi connectivity index (χ0) is 11.7. The maximum atomic E-state index is 9.39. The van der Waals surface area contributed by atoms with Crippen LogP contribution in [0.3, 0.4) is 0 Å². The fourth-order valence-corrected chi connectivity index (χ4v) is 1.44. The van der Waals surface area contributed by atoms with Crippen LogP contribution in [0, 0.1) is 0 Å². The van der Waals surface area contributed by atoms with E-state index in [1.165, 1.54) is 0 Å². The average molecular weight is 217 g/mol. The predicted octanol–water partition coefficient (Wildman–Crippen LogP) is -0.0303. The summed E-state index contributed by atoms with van der Waals surface area (Å²) in [5.41, 5.74) is 5.38. The van der Waals surface area contributed by atoms with Crippen LogP contribution in [0.4, 0.5) is 0 Å². The number of nitrogens with two attached hydrogens (primary N) is 1. The Balaban J connectivity index is 3.72. The van der Waals surface area contributed by atoms with Gasteiger partial charge in [0.1, 0.15) is 0 Å². The summed E-state index contributed by atoms with van der Waals surface area (Å²) in [7, 11) is 4.16. The Hall–Kier alpha value is -0.160. The summed E-state index contributed by atoms with van der Waals surface area (Å²) in [6, 6.07) is 0. The van der Waals surface area contributed by atoms with Crippen LogP contribution in [0.25, 0.3) is 0 Å². The Morgan fingerprint density at radius 3 is 2.27 bits per heavy atom. The first-order valence-corrected chi connectivity index (χ1v) is 5.85. The van der Waals surface area contributed by atoms with Crippen molar-refractivity contribution in [3.63, 3.8) is 0 Å². The molecule has 0 amide bonds. The largest absolute Gasteiger partial charge is 0.392 e. The van der Waals surface area contributed by atoms with Crippen molar-refractivity contribution in [3.8, 4) is 0 Å². The monoisotopic (exact) mass is 217 g/mol. The topological polar surface area (TPSA) is 52.7 Å². The molecule has 0 saturated carbocycles.